The molecule has 0 saturated heterocycles. The normalized spacial score (nSPS) is 19.3. The second-order valence-corrected chi connectivity index (χ2v) is 8.64. The quantitative estimate of drug-likeness (QED) is 0.405. The summed E-state index contributed by atoms with van der Waals surface area (Å²) in [6.07, 6.45) is 3.54. The van der Waals surface area contributed by atoms with Gasteiger partial charge in [0.2, 0.25) is 5.91 Å². The van der Waals surface area contributed by atoms with E-state index in [1.165, 1.54) is 25.3 Å². The molecule has 0 bridgehead atoms. The van der Waals surface area contributed by atoms with Crippen LogP contribution in [-0.2, 0) is 20.7 Å². The zero-order valence-electron chi connectivity index (χ0n) is 19.4. The fourth-order valence-corrected chi connectivity index (χ4v) is 4.84. The van der Waals surface area contributed by atoms with E-state index in [1.807, 2.05) is 24.3 Å². The van der Waals surface area contributed by atoms with Crippen molar-refractivity contribution in [3.05, 3.63) is 53.6 Å². The number of alkyl halides is 2. The Morgan fingerprint density at radius 1 is 1.03 bits per heavy atom. The first kappa shape index (κ1) is 24.6. The molecule has 2 aliphatic rings. The summed E-state index contributed by atoms with van der Waals surface area (Å²) in [6.45, 7) is -2.98. The summed E-state index contributed by atoms with van der Waals surface area (Å²) in [5.74, 6) is -2.53. The molecule has 1 heterocycles. The van der Waals surface area contributed by atoms with Gasteiger partial charge in [-0.05, 0) is 49.1 Å². The molecule has 1 aliphatic carbocycles. The first-order valence-electron chi connectivity index (χ1n) is 11.6. The predicted octanol–water partition coefficient (Wildman–Crippen LogP) is 4.42. The zero-order valence-corrected chi connectivity index (χ0v) is 19.4. The van der Waals surface area contributed by atoms with Gasteiger partial charge in [-0.2, -0.15) is 8.78 Å². The summed E-state index contributed by atoms with van der Waals surface area (Å²) in [7, 11) is 1.26. The monoisotopic (exact) mass is 487 g/mol. The van der Waals surface area contributed by atoms with Crippen LogP contribution in [0.1, 0.15) is 41.6 Å². The van der Waals surface area contributed by atoms with E-state index in [0.29, 0.717) is 19.4 Å². The smallest absolute Gasteiger partial charge is 0.387 e. The highest BCUT2D eigenvalue weighted by molar-refractivity contribution is 6.00. The van der Waals surface area contributed by atoms with Crippen molar-refractivity contribution in [2.24, 2.45) is 11.8 Å². The Kier molecular flexibility index (Phi) is 7.63. The molecule has 1 saturated carbocycles. The molecular weight excluding hydrogens is 460 g/mol. The Bertz CT molecular complexity index is 1100. The van der Waals surface area contributed by atoms with Gasteiger partial charge >= 0.3 is 12.6 Å². The van der Waals surface area contributed by atoms with E-state index in [0.717, 1.165) is 30.5 Å². The van der Waals surface area contributed by atoms with Crippen molar-refractivity contribution in [2.75, 3.05) is 25.2 Å². The number of halogens is 2. The van der Waals surface area contributed by atoms with E-state index < -0.39 is 36.8 Å². The lowest BCUT2D eigenvalue weighted by Gasteiger charge is -2.32. The molecule has 0 aromatic heterocycles. The summed E-state index contributed by atoms with van der Waals surface area (Å²) in [5.41, 5.74) is 2.13. The van der Waals surface area contributed by atoms with Gasteiger partial charge in [-0.15, -0.1) is 0 Å². The minimum atomic E-state index is -3.04. The third-order valence-electron chi connectivity index (χ3n) is 6.59. The number of amides is 1. The number of esters is 1. The number of carbonyl (C=O) groups is 3. The highest BCUT2D eigenvalue weighted by Crippen LogP contribution is 2.36. The second-order valence-electron chi connectivity index (χ2n) is 8.64. The number of para-hydroxylation sites is 1. The van der Waals surface area contributed by atoms with Crippen molar-refractivity contribution in [3.63, 3.8) is 0 Å². The number of rotatable bonds is 8. The summed E-state index contributed by atoms with van der Waals surface area (Å²) in [5, 5.41) is 0. The van der Waals surface area contributed by atoms with Crippen LogP contribution in [0.2, 0.25) is 0 Å². The van der Waals surface area contributed by atoms with Gasteiger partial charge in [0.1, 0.15) is 0 Å². The molecule has 9 heteroatoms. The summed E-state index contributed by atoms with van der Waals surface area (Å²) in [4.78, 5) is 40.7. The average Bonchev–Trinajstić information content (AvgIpc) is 3.30. The predicted molar refractivity (Wildman–Crippen MR) is 123 cm³/mol. The molecule has 2 aromatic rings. The van der Waals surface area contributed by atoms with Crippen molar-refractivity contribution >= 4 is 23.3 Å². The van der Waals surface area contributed by atoms with Crippen LogP contribution in [-0.4, -0.2) is 44.5 Å². The van der Waals surface area contributed by atoms with Crippen LogP contribution < -0.4 is 14.4 Å². The van der Waals surface area contributed by atoms with Crippen LogP contribution in [0.3, 0.4) is 0 Å². The number of methoxy groups -OCH3 is 1. The van der Waals surface area contributed by atoms with E-state index in [1.54, 1.807) is 4.90 Å². The number of Topliss-reactive ketones (excluding diaryl/α,β-unsaturated/α-hetero) is 1. The number of carbonyl (C=O) groups excluding carboxylic acids is 3. The fraction of sp³-hybridized carbons (Fsp3) is 0.423. The highest BCUT2D eigenvalue weighted by atomic mass is 19.3. The SMILES string of the molecule is COc1cc(C(=O)COC(=O)[C@H]2CCCC[C@H]2C(=O)N2CCc3ccccc32)ccc1OC(F)F. The van der Waals surface area contributed by atoms with E-state index in [4.69, 9.17) is 9.47 Å². The fourth-order valence-electron chi connectivity index (χ4n) is 4.84. The maximum absolute atomic E-state index is 13.4. The van der Waals surface area contributed by atoms with Crippen LogP contribution in [0.5, 0.6) is 11.5 Å². The Labute approximate surface area is 202 Å². The van der Waals surface area contributed by atoms with Crippen molar-refractivity contribution in [3.8, 4) is 11.5 Å². The lowest BCUT2D eigenvalue weighted by atomic mass is 9.78. The molecule has 1 amide bonds. The van der Waals surface area contributed by atoms with Gasteiger partial charge in [-0.25, -0.2) is 0 Å². The number of fused-ring (bicyclic) bond motifs is 1. The first-order chi connectivity index (χ1) is 16.9. The molecule has 7 nitrogen and oxygen atoms in total. The van der Waals surface area contributed by atoms with E-state index in [-0.39, 0.29) is 23.0 Å². The van der Waals surface area contributed by atoms with Gasteiger partial charge in [0.25, 0.3) is 0 Å². The molecule has 4 rings (SSSR count). The third-order valence-corrected chi connectivity index (χ3v) is 6.59. The van der Waals surface area contributed by atoms with E-state index >= 15 is 0 Å². The largest absolute Gasteiger partial charge is 0.493 e. The summed E-state index contributed by atoms with van der Waals surface area (Å²) in [6, 6.07) is 11.5. The number of hydrogen-bond acceptors (Lipinski definition) is 6. The molecule has 1 fully saturated rings. The Hall–Kier alpha value is -3.49. The van der Waals surface area contributed by atoms with Crippen LogP contribution >= 0.6 is 0 Å². The molecule has 1 aliphatic heterocycles. The summed E-state index contributed by atoms with van der Waals surface area (Å²) >= 11 is 0. The Morgan fingerprint density at radius 3 is 2.51 bits per heavy atom. The second kappa shape index (κ2) is 10.8. The van der Waals surface area contributed by atoms with Gasteiger partial charge in [-0.3, -0.25) is 14.4 Å². The lowest BCUT2D eigenvalue weighted by Crippen LogP contribution is -2.42. The van der Waals surface area contributed by atoms with Gasteiger partial charge in [0, 0.05) is 17.8 Å². The lowest BCUT2D eigenvalue weighted by molar-refractivity contribution is -0.153. The molecule has 0 radical (unpaired) electrons. The van der Waals surface area contributed by atoms with Crippen LogP contribution in [0.25, 0.3) is 0 Å². The van der Waals surface area contributed by atoms with E-state index in [9.17, 15) is 23.2 Å². The molecule has 0 unspecified atom stereocenters. The number of ketones is 1. The Balaban J connectivity index is 1.40. The van der Waals surface area contributed by atoms with Crippen molar-refractivity contribution < 1.29 is 37.4 Å². The van der Waals surface area contributed by atoms with Crippen LogP contribution in [0, 0.1) is 11.8 Å². The minimum absolute atomic E-state index is 0.0358. The zero-order chi connectivity index (χ0) is 24.9. The van der Waals surface area contributed by atoms with Crippen LogP contribution in [0.15, 0.2) is 42.5 Å². The molecule has 2 atom stereocenters. The van der Waals surface area contributed by atoms with E-state index in [2.05, 4.69) is 4.74 Å². The first-order valence-corrected chi connectivity index (χ1v) is 11.6. The van der Waals surface area contributed by atoms with Gasteiger partial charge in [0.05, 0.1) is 18.9 Å². The average molecular weight is 487 g/mol. The molecule has 0 N–H and O–H groups in total. The van der Waals surface area contributed by atoms with Gasteiger partial charge in [-0.1, -0.05) is 31.0 Å². The topological polar surface area (TPSA) is 82.1 Å². The Morgan fingerprint density at radius 2 is 1.77 bits per heavy atom. The maximum Gasteiger partial charge on any atom is 0.387 e. The standard InChI is InChI=1S/C26H27F2NO6/c1-33-23-14-17(10-11-22(23)35-26(27)28)21(30)15-34-25(32)19-8-4-3-7-18(19)24(31)29-13-12-16-6-2-5-9-20(16)29/h2,5-6,9-11,14,18-19,26H,3-4,7-8,12-13,15H2,1H3/t18-,19+/m1/s1. The van der Waals surface area contributed by atoms with Crippen molar-refractivity contribution in [1.29, 1.82) is 0 Å². The van der Waals surface area contributed by atoms with Gasteiger partial charge < -0.3 is 19.1 Å². The van der Waals surface area contributed by atoms with Crippen molar-refractivity contribution in [1.82, 2.24) is 0 Å². The summed E-state index contributed by atoms with van der Waals surface area (Å²) < 4.78 is 39.7. The van der Waals surface area contributed by atoms with Gasteiger partial charge in [0.15, 0.2) is 23.9 Å². The molecule has 35 heavy (non-hydrogen) atoms. The number of benzene rings is 2. The number of hydrogen-bond donors (Lipinski definition) is 0. The molecule has 186 valence electrons. The van der Waals surface area contributed by atoms with Crippen LogP contribution in [0.4, 0.5) is 14.5 Å². The maximum atomic E-state index is 13.4. The number of anilines is 1. The molecule has 0 spiro atoms. The molecular formula is C26H27F2NO6. The third kappa shape index (κ3) is 5.44. The minimum Gasteiger partial charge on any atom is -0.493 e. The number of ether oxygens (including phenoxy) is 3. The van der Waals surface area contributed by atoms with Crippen molar-refractivity contribution in [2.45, 2.75) is 38.7 Å². The number of nitrogens with zero attached hydrogens (tertiary/aromatic N) is 1. The molecule has 2 aromatic carbocycles. The highest BCUT2D eigenvalue weighted by Gasteiger charge is 2.40.